The zero-order chi connectivity index (χ0) is 10.5. The van der Waals surface area contributed by atoms with Crippen LogP contribution in [0.5, 0.6) is 0 Å². The van der Waals surface area contributed by atoms with Crippen LogP contribution in [0.4, 0.5) is 0 Å². The van der Waals surface area contributed by atoms with Crippen molar-refractivity contribution in [3.63, 3.8) is 0 Å². The van der Waals surface area contributed by atoms with E-state index < -0.39 is 0 Å². The van der Waals surface area contributed by atoms with Crippen molar-refractivity contribution in [3.8, 4) is 0 Å². The number of fused-ring (bicyclic) bond motifs is 1. The topological polar surface area (TPSA) is 26.5 Å². The molecule has 15 heavy (non-hydrogen) atoms. The number of ether oxygens (including phenoxy) is 1. The molecule has 1 aromatic rings. The average Bonchev–Trinajstić information content (AvgIpc) is 2.65. The van der Waals surface area contributed by atoms with E-state index in [9.17, 15) is 0 Å². The van der Waals surface area contributed by atoms with E-state index in [0.717, 1.165) is 10.2 Å². The molecule has 1 aliphatic carbocycles. The summed E-state index contributed by atoms with van der Waals surface area (Å²) < 4.78 is 6.28. The smallest absolute Gasteiger partial charge is 0.285 e. The second-order valence-corrected chi connectivity index (χ2v) is 4.96. The summed E-state index contributed by atoms with van der Waals surface area (Å²) in [6.07, 6.45) is 1.76. The molecular formula is C11H9BrN2O. The molecular weight excluding hydrogens is 256 g/mol. The van der Waals surface area contributed by atoms with Crippen LogP contribution in [0.3, 0.4) is 0 Å². The molecule has 2 heterocycles. The Morgan fingerprint density at radius 3 is 2.73 bits per heavy atom. The second kappa shape index (κ2) is 3.03. The van der Waals surface area contributed by atoms with E-state index in [-0.39, 0.29) is 5.54 Å². The lowest BCUT2D eigenvalue weighted by molar-refractivity contribution is 0.149. The molecule has 3 rings (SSSR count). The van der Waals surface area contributed by atoms with Crippen LogP contribution in [-0.2, 0) is 10.3 Å². The molecule has 0 aromatic carbocycles. The van der Waals surface area contributed by atoms with Gasteiger partial charge < -0.3 is 9.58 Å². The Labute approximate surface area is 96.4 Å². The third-order valence-electron chi connectivity index (χ3n) is 3.42. The number of hydrogen-bond acceptors (Lipinski definition) is 2. The van der Waals surface area contributed by atoms with Crippen LogP contribution in [0.2, 0.25) is 0 Å². The van der Waals surface area contributed by atoms with Crippen molar-refractivity contribution < 1.29 is 4.74 Å². The molecule has 0 spiro atoms. The van der Waals surface area contributed by atoms with Gasteiger partial charge in [-0.15, -0.1) is 0 Å². The Kier molecular flexibility index (Phi) is 1.88. The number of aromatic nitrogens is 1. The van der Waals surface area contributed by atoms with Crippen LogP contribution in [0.15, 0.2) is 22.8 Å². The van der Waals surface area contributed by atoms with E-state index in [1.165, 1.54) is 0 Å². The number of pyridine rings is 1. The fraction of sp³-hybridized carbons (Fsp3) is 0.455. The van der Waals surface area contributed by atoms with Gasteiger partial charge >= 0.3 is 0 Å². The predicted molar refractivity (Wildman–Crippen MR) is 58.0 cm³/mol. The maximum atomic E-state index is 7.37. The summed E-state index contributed by atoms with van der Waals surface area (Å²) in [5, 5.41) is 0. The Morgan fingerprint density at radius 2 is 2.20 bits per heavy atom. The number of hydrogen-bond donors (Lipinski definition) is 0. The largest absolute Gasteiger partial charge is 0.380 e. The molecule has 3 atom stereocenters. The van der Waals surface area contributed by atoms with Crippen molar-refractivity contribution in [1.82, 2.24) is 4.98 Å². The molecule has 0 radical (unpaired) electrons. The maximum Gasteiger partial charge on any atom is 0.285 e. The highest BCUT2D eigenvalue weighted by Gasteiger charge is 2.77. The molecule has 4 heteroatoms. The van der Waals surface area contributed by atoms with Crippen LogP contribution in [0.25, 0.3) is 4.85 Å². The van der Waals surface area contributed by atoms with Gasteiger partial charge in [-0.3, -0.25) is 4.98 Å². The van der Waals surface area contributed by atoms with Gasteiger partial charge in [0, 0.05) is 10.7 Å². The summed E-state index contributed by atoms with van der Waals surface area (Å²) in [5.41, 5.74) is 0.526. The molecule has 3 nitrogen and oxygen atoms in total. The van der Waals surface area contributed by atoms with E-state index in [1.807, 2.05) is 12.1 Å². The molecule has 1 aliphatic heterocycles. The van der Waals surface area contributed by atoms with E-state index in [4.69, 9.17) is 11.3 Å². The molecule has 1 saturated carbocycles. The Balaban J connectivity index is 2.00. The first-order valence-electron chi connectivity index (χ1n) is 4.87. The first-order chi connectivity index (χ1) is 7.29. The van der Waals surface area contributed by atoms with Crippen LogP contribution in [-0.4, -0.2) is 18.2 Å². The van der Waals surface area contributed by atoms with Gasteiger partial charge in [0.1, 0.15) is 5.69 Å². The Bertz CT molecular complexity index is 427. The predicted octanol–water partition coefficient (Wildman–Crippen LogP) is 2.23. The van der Waals surface area contributed by atoms with Crippen molar-refractivity contribution in [2.24, 2.45) is 11.8 Å². The maximum absolute atomic E-state index is 7.37. The number of nitrogens with zero attached hydrogens (tertiary/aromatic N) is 2. The van der Waals surface area contributed by atoms with Crippen molar-refractivity contribution in [1.29, 1.82) is 0 Å². The van der Waals surface area contributed by atoms with Gasteiger partial charge in [-0.05, 0) is 28.1 Å². The lowest BCUT2D eigenvalue weighted by atomic mass is 10.1. The molecule has 1 unspecified atom stereocenters. The third kappa shape index (κ3) is 1.11. The fourth-order valence-electron chi connectivity index (χ4n) is 2.55. The molecule has 0 amide bonds. The van der Waals surface area contributed by atoms with E-state index in [1.54, 1.807) is 6.20 Å². The Morgan fingerprint density at radius 1 is 1.47 bits per heavy atom. The summed E-state index contributed by atoms with van der Waals surface area (Å²) in [6.45, 7) is 8.80. The lowest BCUT2D eigenvalue weighted by Gasteiger charge is -2.08. The van der Waals surface area contributed by atoms with Gasteiger partial charge in [0.25, 0.3) is 5.54 Å². The molecule has 1 saturated heterocycles. The normalized spacial score (nSPS) is 37.1. The van der Waals surface area contributed by atoms with Gasteiger partial charge in [0.2, 0.25) is 0 Å². The standard InChI is InChI=1S/C11H9BrN2O/c1-13-11(8-5-15-6-9(8)11)10-3-2-7(12)4-14-10/h2-4,8-9H,5-6H2/t8-,9?,11-/m1/s1. The molecule has 0 N–H and O–H groups in total. The van der Waals surface area contributed by atoms with Crippen molar-refractivity contribution in [3.05, 3.63) is 39.9 Å². The van der Waals surface area contributed by atoms with Gasteiger partial charge in [0.15, 0.2) is 0 Å². The minimum Gasteiger partial charge on any atom is -0.380 e. The molecule has 2 aliphatic rings. The highest BCUT2D eigenvalue weighted by atomic mass is 79.9. The van der Waals surface area contributed by atoms with E-state index >= 15 is 0 Å². The summed E-state index contributed by atoms with van der Waals surface area (Å²) >= 11 is 3.35. The summed E-state index contributed by atoms with van der Waals surface area (Å²) in [4.78, 5) is 8.16. The Hall–Kier alpha value is -0.920. The van der Waals surface area contributed by atoms with Crippen molar-refractivity contribution in [2.75, 3.05) is 13.2 Å². The van der Waals surface area contributed by atoms with Crippen LogP contribution in [0, 0.1) is 18.4 Å². The summed E-state index contributed by atoms with van der Waals surface area (Å²) in [7, 11) is 0. The minimum absolute atomic E-state index is 0.365. The quantitative estimate of drug-likeness (QED) is 0.728. The fourth-order valence-corrected chi connectivity index (χ4v) is 2.78. The molecule has 0 bridgehead atoms. The van der Waals surface area contributed by atoms with E-state index in [2.05, 4.69) is 25.8 Å². The van der Waals surface area contributed by atoms with Crippen molar-refractivity contribution >= 4 is 15.9 Å². The van der Waals surface area contributed by atoms with Gasteiger partial charge in [0.05, 0.1) is 25.0 Å². The zero-order valence-electron chi connectivity index (χ0n) is 7.98. The minimum atomic E-state index is -0.376. The van der Waals surface area contributed by atoms with Crippen molar-refractivity contribution in [2.45, 2.75) is 5.54 Å². The number of rotatable bonds is 1. The second-order valence-electron chi connectivity index (χ2n) is 4.05. The first-order valence-corrected chi connectivity index (χ1v) is 5.66. The highest BCUT2D eigenvalue weighted by molar-refractivity contribution is 9.10. The summed E-state index contributed by atoms with van der Waals surface area (Å²) in [5.74, 6) is 0.729. The van der Waals surface area contributed by atoms with Gasteiger partial charge in [-0.1, -0.05) is 0 Å². The third-order valence-corrected chi connectivity index (χ3v) is 3.89. The monoisotopic (exact) mass is 264 g/mol. The van der Waals surface area contributed by atoms with Crippen LogP contribution in [0.1, 0.15) is 5.69 Å². The molecule has 2 fully saturated rings. The molecule has 1 aromatic heterocycles. The average molecular weight is 265 g/mol. The van der Waals surface area contributed by atoms with Gasteiger partial charge in [-0.2, -0.15) is 0 Å². The van der Waals surface area contributed by atoms with Gasteiger partial charge in [-0.25, -0.2) is 6.57 Å². The zero-order valence-corrected chi connectivity index (χ0v) is 9.57. The SMILES string of the molecule is [C-]#[N+][C@@]1(c2ccc(Br)cn2)C2COC[C@H]21. The van der Waals surface area contributed by atoms with Crippen LogP contribution < -0.4 is 0 Å². The lowest BCUT2D eigenvalue weighted by Crippen LogP contribution is -2.15. The number of halogens is 1. The highest BCUT2D eigenvalue weighted by Crippen LogP contribution is 2.63. The van der Waals surface area contributed by atoms with Crippen LogP contribution >= 0.6 is 15.9 Å². The van der Waals surface area contributed by atoms with E-state index in [0.29, 0.717) is 25.0 Å². The molecule has 76 valence electrons. The first kappa shape index (κ1) is 9.32. The summed E-state index contributed by atoms with van der Waals surface area (Å²) in [6, 6.07) is 3.89.